The minimum Gasteiger partial charge on any atom is -0.243 e. The molecule has 1 saturated heterocycles. The zero-order chi connectivity index (χ0) is 13.7. The maximum absolute atomic E-state index is 12.6. The van der Waals surface area contributed by atoms with Gasteiger partial charge in [-0.25, -0.2) is 13.4 Å². The Kier molecular flexibility index (Phi) is 2.94. The molecule has 0 radical (unpaired) electrons. The van der Waals surface area contributed by atoms with Gasteiger partial charge in [-0.15, -0.1) is 0 Å². The van der Waals surface area contributed by atoms with Gasteiger partial charge in [-0.3, -0.25) is 0 Å². The van der Waals surface area contributed by atoms with Gasteiger partial charge in [0.1, 0.15) is 0 Å². The van der Waals surface area contributed by atoms with Crippen LogP contribution in [0.5, 0.6) is 0 Å². The molecule has 0 atom stereocenters. The van der Waals surface area contributed by atoms with Gasteiger partial charge in [0.15, 0.2) is 5.03 Å². The van der Waals surface area contributed by atoms with Gasteiger partial charge < -0.3 is 0 Å². The quantitative estimate of drug-likeness (QED) is 0.835. The zero-order valence-corrected chi connectivity index (χ0v) is 12.3. The Hall–Kier alpha value is -0.940. The van der Waals surface area contributed by atoms with Crippen molar-refractivity contribution in [1.82, 2.24) is 9.29 Å². The maximum atomic E-state index is 12.6. The molecule has 2 aliphatic rings. The van der Waals surface area contributed by atoms with Crippen LogP contribution < -0.4 is 0 Å². The van der Waals surface area contributed by atoms with Crippen molar-refractivity contribution in [3.8, 4) is 0 Å². The van der Waals surface area contributed by atoms with Crippen molar-refractivity contribution < 1.29 is 8.42 Å². The van der Waals surface area contributed by atoms with Crippen LogP contribution in [0.4, 0.5) is 0 Å². The lowest BCUT2D eigenvalue weighted by atomic mass is 9.80. The first-order valence-electron chi connectivity index (χ1n) is 6.86. The summed E-state index contributed by atoms with van der Waals surface area (Å²) in [5.41, 5.74) is 2.02. The van der Waals surface area contributed by atoms with E-state index in [4.69, 9.17) is 0 Å². The van der Waals surface area contributed by atoms with Crippen LogP contribution in [0.25, 0.3) is 0 Å². The standard InChI is InChI=1S/C14H20N2O2S/c1-11-7-12(2)13(15-8-11)19(17,18)16-9-14(10-16)5-3-4-6-14/h7-8H,3-6,9-10H2,1-2H3. The molecule has 2 fully saturated rings. The van der Waals surface area contributed by atoms with Crippen molar-refractivity contribution in [1.29, 1.82) is 0 Å². The van der Waals surface area contributed by atoms with Crippen LogP contribution >= 0.6 is 0 Å². The van der Waals surface area contributed by atoms with Crippen molar-refractivity contribution in [2.24, 2.45) is 5.41 Å². The second kappa shape index (κ2) is 4.28. The minimum atomic E-state index is -3.39. The molecule has 5 heteroatoms. The number of pyridine rings is 1. The second-order valence-electron chi connectivity index (χ2n) is 6.11. The Morgan fingerprint density at radius 2 is 1.84 bits per heavy atom. The second-order valence-corrected chi connectivity index (χ2v) is 7.97. The van der Waals surface area contributed by atoms with E-state index in [1.807, 2.05) is 19.9 Å². The Bertz CT molecular complexity index is 596. The first-order valence-corrected chi connectivity index (χ1v) is 8.30. The van der Waals surface area contributed by atoms with Crippen LogP contribution in [0.15, 0.2) is 17.3 Å². The number of sulfonamides is 1. The molecule has 0 aromatic carbocycles. The fraction of sp³-hybridized carbons (Fsp3) is 0.643. The van der Waals surface area contributed by atoms with E-state index in [9.17, 15) is 8.42 Å². The highest BCUT2D eigenvalue weighted by Crippen LogP contribution is 2.47. The molecule has 1 saturated carbocycles. The van der Waals surface area contributed by atoms with Gasteiger partial charge in [0.25, 0.3) is 10.0 Å². The zero-order valence-electron chi connectivity index (χ0n) is 11.5. The molecule has 1 aliphatic carbocycles. The van der Waals surface area contributed by atoms with Crippen LogP contribution in [0.3, 0.4) is 0 Å². The van der Waals surface area contributed by atoms with E-state index in [2.05, 4.69) is 4.98 Å². The molecule has 0 unspecified atom stereocenters. The molecule has 0 bridgehead atoms. The SMILES string of the molecule is Cc1cnc(S(=O)(=O)N2CC3(CCCC3)C2)c(C)c1. The Morgan fingerprint density at radius 1 is 1.21 bits per heavy atom. The van der Waals surface area contributed by atoms with Crippen molar-refractivity contribution in [3.63, 3.8) is 0 Å². The molecular weight excluding hydrogens is 260 g/mol. The van der Waals surface area contributed by atoms with E-state index in [-0.39, 0.29) is 10.4 Å². The third-order valence-corrected chi connectivity index (χ3v) is 6.29. The monoisotopic (exact) mass is 280 g/mol. The summed E-state index contributed by atoms with van der Waals surface area (Å²) in [5.74, 6) is 0. The minimum absolute atomic E-state index is 0.228. The first-order chi connectivity index (χ1) is 8.93. The van der Waals surface area contributed by atoms with Gasteiger partial charge in [-0.1, -0.05) is 18.9 Å². The highest BCUT2D eigenvalue weighted by atomic mass is 32.2. The molecule has 1 aliphatic heterocycles. The van der Waals surface area contributed by atoms with Crippen LogP contribution in [0, 0.1) is 19.3 Å². The Morgan fingerprint density at radius 3 is 2.42 bits per heavy atom. The first kappa shape index (κ1) is 13.1. The number of rotatable bonds is 2. The third-order valence-electron chi connectivity index (χ3n) is 4.44. The summed E-state index contributed by atoms with van der Waals surface area (Å²) in [4.78, 5) is 4.14. The van der Waals surface area contributed by atoms with Gasteiger partial charge in [-0.05, 0) is 43.2 Å². The summed E-state index contributed by atoms with van der Waals surface area (Å²) in [6, 6.07) is 1.88. The fourth-order valence-electron chi connectivity index (χ4n) is 3.41. The summed E-state index contributed by atoms with van der Waals surface area (Å²) in [7, 11) is -3.39. The summed E-state index contributed by atoms with van der Waals surface area (Å²) in [5, 5.41) is 0.228. The normalized spacial score (nSPS) is 22.6. The molecule has 3 rings (SSSR count). The van der Waals surface area contributed by atoms with Crippen molar-refractivity contribution in [2.45, 2.75) is 44.6 Å². The molecule has 1 aromatic heterocycles. The number of aromatic nitrogens is 1. The Balaban J connectivity index is 1.84. The molecule has 0 amide bonds. The fourth-order valence-corrected chi connectivity index (χ4v) is 5.19. The number of aryl methyl sites for hydroxylation is 2. The van der Waals surface area contributed by atoms with Crippen molar-refractivity contribution in [3.05, 3.63) is 23.4 Å². The van der Waals surface area contributed by atoms with E-state index in [1.54, 1.807) is 10.5 Å². The number of hydrogen-bond acceptors (Lipinski definition) is 3. The van der Waals surface area contributed by atoms with Gasteiger partial charge in [-0.2, -0.15) is 4.31 Å². The van der Waals surface area contributed by atoms with E-state index in [0.717, 1.165) is 11.1 Å². The van der Waals surface area contributed by atoms with E-state index in [0.29, 0.717) is 13.1 Å². The molecule has 1 aromatic rings. The lowest BCUT2D eigenvalue weighted by Gasteiger charge is -2.47. The third kappa shape index (κ3) is 2.09. The highest BCUT2D eigenvalue weighted by Gasteiger charge is 2.49. The summed E-state index contributed by atoms with van der Waals surface area (Å²) in [6.45, 7) is 5.11. The smallest absolute Gasteiger partial charge is 0.243 e. The predicted octanol–water partition coefficient (Wildman–Crippen LogP) is 2.26. The van der Waals surface area contributed by atoms with Crippen molar-refractivity contribution in [2.75, 3.05) is 13.1 Å². The molecule has 4 nitrogen and oxygen atoms in total. The molecule has 2 heterocycles. The van der Waals surface area contributed by atoms with Gasteiger partial charge in [0.05, 0.1) is 0 Å². The van der Waals surface area contributed by atoms with Gasteiger partial charge in [0.2, 0.25) is 0 Å². The lowest BCUT2D eigenvalue weighted by Crippen LogP contribution is -2.57. The highest BCUT2D eigenvalue weighted by molar-refractivity contribution is 7.89. The molecule has 0 N–H and O–H groups in total. The molecule has 104 valence electrons. The van der Waals surface area contributed by atoms with Gasteiger partial charge in [0, 0.05) is 19.3 Å². The summed E-state index contributed by atoms with van der Waals surface area (Å²) >= 11 is 0. The molecule has 1 spiro atoms. The van der Waals surface area contributed by atoms with Crippen LogP contribution in [0.1, 0.15) is 36.8 Å². The van der Waals surface area contributed by atoms with E-state index in [1.165, 1.54) is 25.7 Å². The van der Waals surface area contributed by atoms with E-state index >= 15 is 0 Å². The lowest BCUT2D eigenvalue weighted by molar-refractivity contribution is 0.0774. The summed E-state index contributed by atoms with van der Waals surface area (Å²) in [6.07, 6.45) is 6.48. The maximum Gasteiger partial charge on any atom is 0.260 e. The average Bonchev–Trinajstić information content (AvgIpc) is 2.75. The topological polar surface area (TPSA) is 50.3 Å². The van der Waals surface area contributed by atoms with Crippen LogP contribution in [-0.4, -0.2) is 30.8 Å². The predicted molar refractivity (Wildman–Crippen MR) is 73.4 cm³/mol. The van der Waals surface area contributed by atoms with Crippen LogP contribution in [0.2, 0.25) is 0 Å². The molecular formula is C14H20N2O2S. The number of nitrogens with zero attached hydrogens (tertiary/aromatic N) is 2. The van der Waals surface area contributed by atoms with Crippen molar-refractivity contribution >= 4 is 10.0 Å². The summed E-state index contributed by atoms with van der Waals surface area (Å²) < 4.78 is 26.7. The largest absolute Gasteiger partial charge is 0.260 e. The average molecular weight is 280 g/mol. The molecule has 19 heavy (non-hydrogen) atoms. The Labute approximate surface area is 114 Å². The van der Waals surface area contributed by atoms with Crippen LogP contribution in [-0.2, 0) is 10.0 Å². The van der Waals surface area contributed by atoms with Gasteiger partial charge >= 0.3 is 0 Å². The van der Waals surface area contributed by atoms with E-state index < -0.39 is 10.0 Å². The number of hydrogen-bond donors (Lipinski definition) is 0.